The van der Waals surface area contributed by atoms with Gasteiger partial charge in [-0.3, -0.25) is 4.79 Å². The highest BCUT2D eigenvalue weighted by Crippen LogP contribution is 2.24. The van der Waals surface area contributed by atoms with Crippen molar-refractivity contribution in [1.82, 2.24) is 9.97 Å². The van der Waals surface area contributed by atoms with Gasteiger partial charge in [-0.1, -0.05) is 49.4 Å². The van der Waals surface area contributed by atoms with Crippen LogP contribution >= 0.6 is 0 Å². The molecule has 0 bridgehead atoms. The van der Waals surface area contributed by atoms with Crippen molar-refractivity contribution >= 4 is 17.2 Å². The maximum Gasteiger partial charge on any atom is 0.233 e. The Hall–Kier alpha value is -2.55. The van der Waals surface area contributed by atoms with Crippen molar-refractivity contribution in [1.29, 1.82) is 0 Å². The van der Waals surface area contributed by atoms with Crippen LogP contribution in [0, 0.1) is 0 Å². The zero-order valence-electron chi connectivity index (χ0n) is 11.1. The fraction of sp³-hybridized carbons (Fsp3) is 0.118. The second-order valence-electron chi connectivity index (χ2n) is 4.70. The molecule has 3 rings (SSSR count). The van der Waals surface area contributed by atoms with Crippen molar-refractivity contribution in [2.24, 2.45) is 0 Å². The van der Waals surface area contributed by atoms with E-state index in [1.54, 1.807) is 6.07 Å². The number of aromatic nitrogens is 2. The molecule has 0 saturated carbocycles. The summed E-state index contributed by atoms with van der Waals surface area (Å²) in [6.07, 6.45) is 3.80. The highest BCUT2D eigenvalue weighted by Gasteiger charge is 2.15. The van der Waals surface area contributed by atoms with Gasteiger partial charge in [0.1, 0.15) is 5.82 Å². The molecule has 0 saturated heterocycles. The summed E-state index contributed by atoms with van der Waals surface area (Å²) >= 11 is 0. The number of fused-ring (bicyclic) bond motifs is 1. The average Bonchev–Trinajstić information content (AvgIpc) is 2.53. The minimum absolute atomic E-state index is 0.0442. The maximum atomic E-state index is 11.0. The van der Waals surface area contributed by atoms with Crippen LogP contribution in [0.1, 0.15) is 29.8 Å². The van der Waals surface area contributed by atoms with E-state index in [4.69, 9.17) is 0 Å². The van der Waals surface area contributed by atoms with Gasteiger partial charge in [-0.25, -0.2) is 9.97 Å². The third-order valence-electron chi connectivity index (χ3n) is 3.43. The summed E-state index contributed by atoms with van der Waals surface area (Å²) in [4.78, 5) is 20.0. The maximum absolute atomic E-state index is 11.0. The smallest absolute Gasteiger partial charge is 0.233 e. The molecule has 0 N–H and O–H groups in total. The molecule has 20 heavy (non-hydrogen) atoms. The Kier molecular flexibility index (Phi) is 3.25. The number of benzene rings is 2. The number of hydrogen-bond acceptors (Lipinski definition) is 3. The molecular formula is C17H13N2O. The molecule has 1 radical (unpaired) electrons. The highest BCUT2D eigenvalue weighted by atomic mass is 16.1. The Morgan fingerprint density at radius 2 is 1.80 bits per heavy atom. The van der Waals surface area contributed by atoms with Crippen LogP contribution in [-0.4, -0.2) is 16.3 Å². The molecule has 3 heteroatoms. The molecule has 0 amide bonds. The molecule has 3 aromatic rings. The van der Waals surface area contributed by atoms with Gasteiger partial charge in [0.2, 0.25) is 6.29 Å². The van der Waals surface area contributed by atoms with E-state index in [1.165, 1.54) is 0 Å². The van der Waals surface area contributed by atoms with Crippen LogP contribution in [-0.2, 0) is 4.79 Å². The van der Waals surface area contributed by atoms with E-state index >= 15 is 0 Å². The molecule has 1 atom stereocenters. The lowest BCUT2D eigenvalue weighted by atomic mass is 9.95. The van der Waals surface area contributed by atoms with Crippen molar-refractivity contribution in [2.45, 2.75) is 12.8 Å². The second-order valence-corrected chi connectivity index (χ2v) is 4.70. The molecule has 1 heterocycles. The predicted octanol–water partition coefficient (Wildman–Crippen LogP) is 3.24. The molecule has 0 spiro atoms. The normalized spacial score (nSPS) is 12.2. The van der Waals surface area contributed by atoms with Crippen LogP contribution in [0.4, 0.5) is 0 Å². The van der Waals surface area contributed by atoms with E-state index in [-0.39, 0.29) is 5.92 Å². The third-order valence-corrected chi connectivity index (χ3v) is 3.43. The van der Waals surface area contributed by atoms with E-state index < -0.39 is 0 Å². The number of nitrogens with zero attached hydrogens (tertiary/aromatic N) is 2. The second kappa shape index (κ2) is 5.21. The molecule has 1 aromatic heterocycles. The summed E-state index contributed by atoms with van der Waals surface area (Å²) in [5, 5.41) is 1.01. The van der Waals surface area contributed by atoms with Crippen molar-refractivity contribution in [3.8, 4) is 0 Å². The zero-order chi connectivity index (χ0) is 13.9. The summed E-state index contributed by atoms with van der Waals surface area (Å²) < 4.78 is 0. The Morgan fingerprint density at radius 1 is 1.05 bits per heavy atom. The van der Waals surface area contributed by atoms with Crippen LogP contribution in [0.15, 0.2) is 54.7 Å². The van der Waals surface area contributed by atoms with Gasteiger partial charge in [0.25, 0.3) is 0 Å². The molecule has 0 aliphatic heterocycles. The predicted molar refractivity (Wildman–Crippen MR) is 78.3 cm³/mol. The minimum atomic E-state index is -0.0442. The van der Waals surface area contributed by atoms with Gasteiger partial charge in [0.15, 0.2) is 0 Å². The Labute approximate surface area is 117 Å². The van der Waals surface area contributed by atoms with Gasteiger partial charge < -0.3 is 0 Å². The summed E-state index contributed by atoms with van der Waals surface area (Å²) in [6, 6.07) is 15.3. The van der Waals surface area contributed by atoms with Crippen molar-refractivity contribution < 1.29 is 4.79 Å². The fourth-order valence-electron chi connectivity index (χ4n) is 2.30. The monoisotopic (exact) mass is 261 g/mol. The van der Waals surface area contributed by atoms with Crippen LogP contribution in [0.3, 0.4) is 0 Å². The lowest BCUT2D eigenvalue weighted by Gasteiger charge is -2.12. The standard InChI is InChI=1S/C17H13N2O/c1-12(15-8-4-2-7-14(15)11-20)17-18-10-13-6-3-5-9-16(13)19-17/h2-10,12H,1H3. The molecule has 2 aromatic carbocycles. The van der Waals surface area contributed by atoms with Gasteiger partial charge in [-0.05, 0) is 11.6 Å². The third kappa shape index (κ3) is 2.18. The van der Waals surface area contributed by atoms with Gasteiger partial charge in [0.05, 0.1) is 5.52 Å². The first-order valence-corrected chi connectivity index (χ1v) is 6.48. The van der Waals surface area contributed by atoms with Crippen molar-refractivity contribution in [3.05, 3.63) is 71.7 Å². The Morgan fingerprint density at radius 3 is 2.65 bits per heavy atom. The SMILES string of the molecule is CC(c1ncc2ccccc2n1)c1ccccc1[C]=O. The summed E-state index contributed by atoms with van der Waals surface area (Å²) in [6.45, 7) is 2.00. The Balaban J connectivity index is 2.07. The van der Waals surface area contributed by atoms with E-state index in [2.05, 4.69) is 9.97 Å². The van der Waals surface area contributed by atoms with Crippen LogP contribution in [0.2, 0.25) is 0 Å². The van der Waals surface area contributed by atoms with Gasteiger partial charge in [-0.2, -0.15) is 0 Å². The van der Waals surface area contributed by atoms with E-state index in [0.717, 1.165) is 16.5 Å². The van der Waals surface area contributed by atoms with E-state index in [1.807, 2.05) is 61.9 Å². The van der Waals surface area contributed by atoms with Crippen LogP contribution in [0.25, 0.3) is 10.9 Å². The molecular weight excluding hydrogens is 248 g/mol. The van der Waals surface area contributed by atoms with Crippen LogP contribution in [0.5, 0.6) is 0 Å². The van der Waals surface area contributed by atoms with E-state index in [9.17, 15) is 4.79 Å². The largest absolute Gasteiger partial charge is 0.285 e. The van der Waals surface area contributed by atoms with E-state index in [0.29, 0.717) is 11.4 Å². The summed E-state index contributed by atoms with van der Waals surface area (Å²) in [5.74, 6) is 0.670. The van der Waals surface area contributed by atoms with Gasteiger partial charge >= 0.3 is 0 Å². The lowest BCUT2D eigenvalue weighted by molar-refractivity contribution is 0.562. The topological polar surface area (TPSA) is 42.9 Å². The molecule has 0 aliphatic rings. The number of para-hydroxylation sites is 1. The first-order chi connectivity index (χ1) is 9.79. The quantitative estimate of drug-likeness (QED) is 0.727. The molecule has 1 unspecified atom stereocenters. The lowest BCUT2D eigenvalue weighted by Crippen LogP contribution is -2.05. The van der Waals surface area contributed by atoms with Crippen LogP contribution < -0.4 is 0 Å². The molecule has 97 valence electrons. The van der Waals surface area contributed by atoms with Crippen molar-refractivity contribution in [3.63, 3.8) is 0 Å². The summed E-state index contributed by atoms with van der Waals surface area (Å²) in [7, 11) is 0. The van der Waals surface area contributed by atoms with Gasteiger partial charge in [0, 0.05) is 23.1 Å². The minimum Gasteiger partial charge on any atom is -0.285 e. The first-order valence-electron chi connectivity index (χ1n) is 6.48. The number of carbonyl (C=O) groups excluding carboxylic acids is 1. The van der Waals surface area contributed by atoms with Gasteiger partial charge in [-0.15, -0.1) is 0 Å². The molecule has 0 fully saturated rings. The molecule has 3 nitrogen and oxygen atoms in total. The zero-order valence-corrected chi connectivity index (χ0v) is 11.1. The number of rotatable bonds is 3. The Bertz CT molecular complexity index is 768. The molecule has 0 aliphatic carbocycles. The fourth-order valence-corrected chi connectivity index (χ4v) is 2.30. The highest BCUT2D eigenvalue weighted by molar-refractivity contribution is 5.79. The number of hydrogen-bond donors (Lipinski definition) is 0. The average molecular weight is 261 g/mol. The summed E-state index contributed by atoms with van der Waals surface area (Å²) in [5.41, 5.74) is 2.38. The van der Waals surface area contributed by atoms with Crippen molar-refractivity contribution in [2.75, 3.05) is 0 Å². The first kappa shape index (κ1) is 12.5.